The Morgan fingerprint density at radius 3 is 3.00 bits per heavy atom. The number of furan rings is 1. The number of nitrogens with zero attached hydrogens (tertiary/aromatic N) is 4. The van der Waals surface area contributed by atoms with E-state index in [4.69, 9.17) is 16.0 Å². The van der Waals surface area contributed by atoms with Crippen molar-refractivity contribution in [1.82, 2.24) is 24.9 Å². The first-order valence-corrected chi connectivity index (χ1v) is 7.59. The molecule has 0 aliphatic carbocycles. The predicted octanol–water partition coefficient (Wildman–Crippen LogP) is 2.32. The van der Waals surface area contributed by atoms with Gasteiger partial charge in [-0.2, -0.15) is 10.2 Å². The fraction of sp³-hybridized carbons (Fsp3) is 0.267. The largest absolute Gasteiger partial charge is 0.454 e. The van der Waals surface area contributed by atoms with E-state index in [1.807, 2.05) is 19.2 Å². The van der Waals surface area contributed by atoms with Crippen LogP contribution in [0.25, 0.3) is 0 Å². The van der Waals surface area contributed by atoms with Crippen LogP contribution in [0.2, 0.25) is 5.02 Å². The molecule has 23 heavy (non-hydrogen) atoms. The minimum Gasteiger partial charge on any atom is -0.454 e. The van der Waals surface area contributed by atoms with E-state index in [1.165, 1.54) is 0 Å². The minimum atomic E-state index is -0.295. The maximum absolute atomic E-state index is 12.2. The molecule has 0 saturated carbocycles. The van der Waals surface area contributed by atoms with Gasteiger partial charge in [0, 0.05) is 18.9 Å². The van der Waals surface area contributed by atoms with Crippen molar-refractivity contribution in [3.05, 3.63) is 59.0 Å². The molecule has 8 heteroatoms. The van der Waals surface area contributed by atoms with Crippen LogP contribution in [0.15, 0.2) is 41.2 Å². The fourth-order valence-electron chi connectivity index (χ4n) is 2.23. The van der Waals surface area contributed by atoms with Crippen molar-refractivity contribution in [3.8, 4) is 0 Å². The average Bonchev–Trinajstić information content (AvgIpc) is 3.27. The third kappa shape index (κ3) is 3.45. The van der Waals surface area contributed by atoms with E-state index in [-0.39, 0.29) is 11.7 Å². The molecule has 3 rings (SSSR count). The zero-order valence-corrected chi connectivity index (χ0v) is 13.3. The van der Waals surface area contributed by atoms with Gasteiger partial charge in [0.15, 0.2) is 5.76 Å². The average molecular weight is 334 g/mol. The molecule has 0 bridgehead atoms. The number of amides is 1. The number of aromatic nitrogens is 4. The molecule has 1 amide bonds. The van der Waals surface area contributed by atoms with Crippen molar-refractivity contribution in [3.63, 3.8) is 0 Å². The predicted molar refractivity (Wildman–Crippen MR) is 84.1 cm³/mol. The highest BCUT2D eigenvalue weighted by Crippen LogP contribution is 2.15. The molecule has 0 saturated heterocycles. The van der Waals surface area contributed by atoms with Crippen LogP contribution in [0.5, 0.6) is 0 Å². The number of carbonyl (C=O) groups is 1. The minimum absolute atomic E-state index is 0.255. The highest BCUT2D eigenvalue weighted by atomic mass is 35.5. The summed E-state index contributed by atoms with van der Waals surface area (Å²) >= 11 is 6.07. The summed E-state index contributed by atoms with van der Waals surface area (Å²) in [7, 11) is 0. The quantitative estimate of drug-likeness (QED) is 0.751. The summed E-state index contributed by atoms with van der Waals surface area (Å²) in [5.41, 5.74) is 0.769. The van der Waals surface area contributed by atoms with Crippen LogP contribution >= 0.6 is 11.6 Å². The number of hydrogen-bond acceptors (Lipinski definition) is 4. The van der Waals surface area contributed by atoms with Crippen molar-refractivity contribution in [2.75, 3.05) is 0 Å². The van der Waals surface area contributed by atoms with Crippen LogP contribution in [0.3, 0.4) is 0 Å². The lowest BCUT2D eigenvalue weighted by molar-refractivity contribution is 0.0920. The lowest BCUT2D eigenvalue weighted by Gasteiger charge is -2.06. The molecule has 3 aromatic heterocycles. The lowest BCUT2D eigenvalue weighted by Crippen LogP contribution is -2.24. The van der Waals surface area contributed by atoms with Gasteiger partial charge in [0.1, 0.15) is 5.76 Å². The van der Waals surface area contributed by atoms with Gasteiger partial charge < -0.3 is 9.73 Å². The molecule has 0 fully saturated rings. The van der Waals surface area contributed by atoms with Gasteiger partial charge in [-0.1, -0.05) is 11.6 Å². The Hall–Kier alpha value is -2.54. The Labute approximate surface area is 137 Å². The molecule has 3 aromatic rings. The molecule has 0 aliphatic rings. The summed E-state index contributed by atoms with van der Waals surface area (Å²) in [6, 6.07) is 5.24. The summed E-state index contributed by atoms with van der Waals surface area (Å²) in [5.74, 6) is 0.623. The molecule has 0 unspecified atom stereocenters. The fourth-order valence-corrected chi connectivity index (χ4v) is 2.43. The van der Waals surface area contributed by atoms with E-state index >= 15 is 0 Å². The number of halogens is 1. The SMILES string of the molecule is CCn1ncc(Cl)c1CNC(=O)c1ccc(Cn2cccn2)o1. The third-order valence-electron chi connectivity index (χ3n) is 3.38. The molecule has 0 atom stereocenters. The summed E-state index contributed by atoms with van der Waals surface area (Å²) < 4.78 is 9.01. The van der Waals surface area contributed by atoms with E-state index < -0.39 is 0 Å². The van der Waals surface area contributed by atoms with Gasteiger partial charge in [-0.3, -0.25) is 14.2 Å². The van der Waals surface area contributed by atoms with Crippen LogP contribution < -0.4 is 5.32 Å². The zero-order valence-electron chi connectivity index (χ0n) is 12.6. The second-order valence-electron chi connectivity index (χ2n) is 4.91. The summed E-state index contributed by atoms with van der Waals surface area (Å²) in [4.78, 5) is 12.2. The highest BCUT2D eigenvalue weighted by Gasteiger charge is 2.14. The maximum atomic E-state index is 12.2. The Morgan fingerprint density at radius 1 is 1.39 bits per heavy atom. The molecular formula is C15H16ClN5O2. The van der Waals surface area contributed by atoms with E-state index in [9.17, 15) is 4.79 Å². The molecule has 0 spiro atoms. The van der Waals surface area contributed by atoms with Crippen molar-refractivity contribution in [2.45, 2.75) is 26.6 Å². The zero-order chi connectivity index (χ0) is 16.2. The number of nitrogens with one attached hydrogen (secondary N) is 1. The van der Waals surface area contributed by atoms with Crippen molar-refractivity contribution < 1.29 is 9.21 Å². The standard InChI is InChI=1S/C15H16ClN5O2/c1-2-21-13(12(16)8-19-21)9-17-15(22)14-5-4-11(23-14)10-20-7-3-6-18-20/h3-8H,2,9-10H2,1H3,(H,17,22). The first kappa shape index (κ1) is 15.4. The van der Waals surface area contributed by atoms with E-state index in [2.05, 4.69) is 15.5 Å². The molecule has 0 aromatic carbocycles. The van der Waals surface area contributed by atoms with Gasteiger partial charge in [-0.25, -0.2) is 0 Å². The van der Waals surface area contributed by atoms with E-state index in [1.54, 1.807) is 33.9 Å². The van der Waals surface area contributed by atoms with Crippen molar-refractivity contribution >= 4 is 17.5 Å². The van der Waals surface area contributed by atoms with Gasteiger partial charge in [-0.05, 0) is 25.1 Å². The van der Waals surface area contributed by atoms with Gasteiger partial charge in [0.05, 0.1) is 30.0 Å². The van der Waals surface area contributed by atoms with Crippen LogP contribution in [0, 0.1) is 0 Å². The van der Waals surface area contributed by atoms with Crippen LogP contribution in [0.1, 0.15) is 28.9 Å². The van der Waals surface area contributed by atoms with E-state index in [0.29, 0.717) is 30.4 Å². The normalized spacial score (nSPS) is 10.9. The Kier molecular flexibility index (Phi) is 4.47. The number of aryl methyl sites for hydroxylation is 1. The summed E-state index contributed by atoms with van der Waals surface area (Å²) in [6.07, 6.45) is 5.09. The van der Waals surface area contributed by atoms with Crippen molar-refractivity contribution in [1.29, 1.82) is 0 Å². The first-order chi connectivity index (χ1) is 11.2. The van der Waals surface area contributed by atoms with Crippen molar-refractivity contribution in [2.24, 2.45) is 0 Å². The van der Waals surface area contributed by atoms with E-state index in [0.717, 1.165) is 5.69 Å². The lowest BCUT2D eigenvalue weighted by atomic mass is 10.3. The van der Waals surface area contributed by atoms with Gasteiger partial charge in [0.25, 0.3) is 5.91 Å². The first-order valence-electron chi connectivity index (χ1n) is 7.22. The highest BCUT2D eigenvalue weighted by molar-refractivity contribution is 6.31. The van der Waals surface area contributed by atoms with Crippen LogP contribution in [-0.4, -0.2) is 25.5 Å². The number of carbonyl (C=O) groups excluding carboxylic acids is 1. The Balaban J connectivity index is 1.62. The van der Waals surface area contributed by atoms with Gasteiger partial charge >= 0.3 is 0 Å². The number of hydrogen-bond donors (Lipinski definition) is 1. The molecule has 120 valence electrons. The smallest absolute Gasteiger partial charge is 0.287 e. The molecule has 1 N–H and O–H groups in total. The number of rotatable bonds is 6. The second kappa shape index (κ2) is 6.70. The third-order valence-corrected chi connectivity index (χ3v) is 3.69. The molecule has 0 aliphatic heterocycles. The van der Waals surface area contributed by atoms with Crippen LogP contribution in [0.4, 0.5) is 0 Å². The van der Waals surface area contributed by atoms with Gasteiger partial charge in [-0.15, -0.1) is 0 Å². The Morgan fingerprint density at radius 2 is 2.26 bits per heavy atom. The molecule has 3 heterocycles. The summed E-state index contributed by atoms with van der Waals surface area (Å²) in [6.45, 7) is 3.42. The molecule has 7 nitrogen and oxygen atoms in total. The summed E-state index contributed by atoms with van der Waals surface area (Å²) in [5, 5.41) is 11.5. The van der Waals surface area contributed by atoms with Gasteiger partial charge in [0.2, 0.25) is 0 Å². The molecular weight excluding hydrogens is 318 g/mol. The maximum Gasteiger partial charge on any atom is 0.287 e. The topological polar surface area (TPSA) is 77.9 Å². The monoisotopic (exact) mass is 333 g/mol. The Bertz CT molecular complexity index is 791. The van der Waals surface area contributed by atoms with Crippen LogP contribution in [-0.2, 0) is 19.6 Å². The second-order valence-corrected chi connectivity index (χ2v) is 5.31. The molecule has 0 radical (unpaired) electrons.